The molecule has 0 spiro atoms. The molecule has 65 heavy (non-hydrogen) atoms. The number of hydrogen-bond donors (Lipinski definition) is 14. The molecule has 1 rings (SSSR count). The standard InChI is InChI=1S/C39H64N12O11S3/c1-21(18-64-65-20-27(44-5)33(40)58)35(60)49-26(17-52)37(62)48-23(12-9-13-45-38(42)43)36(61)46-16-29(53)47-24(15-30(54)55)31(56)32(57)25(14-22-10-7-6-8-11-22)50-51-28(34(41)59)19-63-39(2,3)4/h6-8,10-11,21,23-28,44,50-52H,9,12-20H2,1-5H3,(H2,40,58)(H2,41,59)(H,46,61)(H,47,53)(H,48,62)(H,49,60)(H,54,55)(H4,42,43,45)/t21-,23-,24-,25-,26?,27-,28-/m0/s1. The van der Waals surface area contributed by atoms with Crippen LogP contribution in [0.4, 0.5) is 0 Å². The van der Waals surface area contributed by atoms with Crippen LogP contribution in [0, 0.1) is 11.3 Å². The molecule has 0 radical (unpaired) electrons. The number of guanidine groups is 1. The number of carboxylic acid groups (broad SMARTS) is 1. The molecule has 0 saturated heterocycles. The maximum atomic E-state index is 13.8. The summed E-state index contributed by atoms with van der Waals surface area (Å²) in [6.07, 6.45) is -1.06. The Morgan fingerprint density at radius 1 is 0.723 bits per heavy atom. The first-order valence-electron chi connectivity index (χ1n) is 20.3. The third-order valence-electron chi connectivity index (χ3n) is 8.96. The lowest BCUT2D eigenvalue weighted by atomic mass is 9.96. The maximum Gasteiger partial charge on any atom is 0.305 e. The van der Waals surface area contributed by atoms with Gasteiger partial charge in [-0.25, -0.2) is 10.9 Å². The molecule has 26 heteroatoms. The van der Waals surface area contributed by atoms with Gasteiger partial charge in [-0.15, -0.1) is 0 Å². The molecule has 0 fully saturated rings. The minimum atomic E-state index is -1.89. The lowest BCUT2D eigenvalue weighted by Gasteiger charge is -2.25. The summed E-state index contributed by atoms with van der Waals surface area (Å²) in [7, 11) is 4.18. The summed E-state index contributed by atoms with van der Waals surface area (Å²) in [5.41, 5.74) is 22.3. The molecule has 0 saturated carbocycles. The molecule has 23 nitrogen and oxygen atoms in total. The molecule has 6 amide bonds. The van der Waals surface area contributed by atoms with Crippen molar-refractivity contribution in [3.8, 4) is 0 Å². The van der Waals surface area contributed by atoms with E-state index in [2.05, 4.69) is 42.8 Å². The van der Waals surface area contributed by atoms with Gasteiger partial charge in [0.2, 0.25) is 47.0 Å². The van der Waals surface area contributed by atoms with E-state index in [4.69, 9.17) is 22.6 Å². The average molecular weight is 973 g/mol. The van der Waals surface area contributed by atoms with Crippen LogP contribution >= 0.6 is 33.3 Å². The van der Waals surface area contributed by atoms with Gasteiger partial charge in [-0.05, 0) is 31.9 Å². The van der Waals surface area contributed by atoms with Gasteiger partial charge in [0.05, 0.1) is 31.7 Å². The van der Waals surface area contributed by atoms with Gasteiger partial charge in [0.15, 0.2) is 5.96 Å². The van der Waals surface area contributed by atoms with Crippen molar-refractivity contribution in [1.82, 2.24) is 42.8 Å². The van der Waals surface area contributed by atoms with E-state index in [1.54, 1.807) is 44.3 Å². The molecule has 0 heterocycles. The van der Waals surface area contributed by atoms with E-state index in [1.807, 2.05) is 20.8 Å². The molecule has 17 N–H and O–H groups in total. The Hall–Kier alpha value is -4.99. The van der Waals surface area contributed by atoms with Gasteiger partial charge >= 0.3 is 5.97 Å². The number of Topliss-reactive ketones (excluding diaryl/α,β-unsaturated/α-hetero) is 2. The van der Waals surface area contributed by atoms with Crippen LogP contribution in [0.2, 0.25) is 0 Å². The number of rotatable bonds is 33. The van der Waals surface area contributed by atoms with Gasteiger partial charge < -0.3 is 59.3 Å². The van der Waals surface area contributed by atoms with E-state index < -0.39 is 115 Å². The summed E-state index contributed by atoms with van der Waals surface area (Å²) in [6, 6.07) is 0.794. The topological polar surface area (TPSA) is 392 Å². The van der Waals surface area contributed by atoms with Crippen molar-refractivity contribution in [2.75, 3.05) is 44.0 Å². The number of nitrogens with two attached hydrogens (primary N) is 3. The predicted octanol–water partition coefficient (Wildman–Crippen LogP) is -3.39. The number of hydrogen-bond acceptors (Lipinski definition) is 17. The highest BCUT2D eigenvalue weighted by molar-refractivity contribution is 8.76. The van der Waals surface area contributed by atoms with Gasteiger partial charge in [-0.2, -0.15) is 11.8 Å². The van der Waals surface area contributed by atoms with Gasteiger partial charge in [0.25, 0.3) is 0 Å². The highest BCUT2D eigenvalue weighted by Crippen LogP contribution is 2.25. The van der Waals surface area contributed by atoms with Crippen molar-refractivity contribution in [2.24, 2.45) is 23.1 Å². The first-order valence-corrected chi connectivity index (χ1v) is 23.8. The zero-order valence-electron chi connectivity index (χ0n) is 37.0. The van der Waals surface area contributed by atoms with Crippen LogP contribution in [-0.4, -0.2) is 154 Å². The quantitative estimate of drug-likeness (QED) is 0.00815. The Morgan fingerprint density at radius 3 is 1.86 bits per heavy atom. The van der Waals surface area contributed by atoms with Crippen LogP contribution in [0.5, 0.6) is 0 Å². The third-order valence-corrected chi connectivity index (χ3v) is 12.9. The first kappa shape index (κ1) is 58.0. The molecule has 0 aliphatic heterocycles. The molecular formula is C39H64N12O11S3. The smallest absolute Gasteiger partial charge is 0.305 e. The minimum absolute atomic E-state index is 0.0928. The summed E-state index contributed by atoms with van der Waals surface area (Å²) < 4.78 is -0.247. The third kappa shape index (κ3) is 24.2. The molecule has 0 bridgehead atoms. The zero-order chi connectivity index (χ0) is 49.3. The Kier molecular flexibility index (Phi) is 27.0. The number of carbonyl (C=O) groups is 9. The van der Waals surface area contributed by atoms with E-state index in [0.29, 0.717) is 11.3 Å². The second kappa shape index (κ2) is 30.3. The van der Waals surface area contributed by atoms with E-state index in [9.17, 15) is 53.4 Å². The van der Waals surface area contributed by atoms with Gasteiger partial charge in [0.1, 0.15) is 24.2 Å². The van der Waals surface area contributed by atoms with E-state index in [-0.39, 0.29) is 48.0 Å². The largest absolute Gasteiger partial charge is 0.481 e. The molecule has 0 aliphatic rings. The summed E-state index contributed by atoms with van der Waals surface area (Å²) >= 11 is 1.41. The number of ketones is 2. The van der Waals surface area contributed by atoms with Crippen LogP contribution in [0.3, 0.4) is 0 Å². The number of aliphatic carboxylic acids is 1. The Bertz CT molecular complexity index is 1790. The monoisotopic (exact) mass is 972 g/mol. The number of aliphatic hydroxyl groups excluding tert-OH is 1. The zero-order valence-corrected chi connectivity index (χ0v) is 39.5. The molecule has 1 aromatic carbocycles. The fourth-order valence-electron chi connectivity index (χ4n) is 5.28. The summed E-state index contributed by atoms with van der Waals surface area (Å²) in [5, 5.41) is 41.6. The number of nitrogens with one attached hydrogen (secondary N) is 9. The number of primary amides is 2. The van der Waals surface area contributed by atoms with Crippen molar-refractivity contribution in [1.29, 1.82) is 5.41 Å². The minimum Gasteiger partial charge on any atom is -0.481 e. The van der Waals surface area contributed by atoms with Crippen molar-refractivity contribution >= 4 is 92.3 Å². The molecule has 1 aromatic rings. The number of hydrazine groups is 1. The normalized spacial score (nSPS) is 14.5. The van der Waals surface area contributed by atoms with Crippen molar-refractivity contribution in [3.05, 3.63) is 35.9 Å². The highest BCUT2D eigenvalue weighted by atomic mass is 33.1. The number of likely N-dealkylation sites (N-methyl/N-ethyl adjacent to an activating group) is 1. The number of carboxylic acids is 1. The number of benzene rings is 1. The summed E-state index contributed by atoms with van der Waals surface area (Å²) in [5.74, 6) is -9.00. The van der Waals surface area contributed by atoms with E-state index in [0.717, 1.165) is 0 Å². The number of carbonyl (C=O) groups excluding carboxylic acids is 8. The highest BCUT2D eigenvalue weighted by Gasteiger charge is 2.35. The lowest BCUT2D eigenvalue weighted by Crippen LogP contribution is -2.59. The molecule has 7 atom stereocenters. The van der Waals surface area contributed by atoms with Crippen LogP contribution < -0.4 is 60.0 Å². The van der Waals surface area contributed by atoms with Crippen LogP contribution in [0.15, 0.2) is 30.3 Å². The van der Waals surface area contributed by atoms with Crippen LogP contribution in [0.1, 0.15) is 52.5 Å². The second-order valence-electron chi connectivity index (χ2n) is 15.6. The molecule has 0 aromatic heterocycles. The average Bonchev–Trinajstić information content (AvgIpc) is 3.23. The fraction of sp³-hybridized carbons (Fsp3) is 0.590. The maximum absolute atomic E-state index is 13.8. The predicted molar refractivity (Wildman–Crippen MR) is 249 cm³/mol. The van der Waals surface area contributed by atoms with Gasteiger partial charge in [0, 0.05) is 34.5 Å². The number of amides is 6. The van der Waals surface area contributed by atoms with Crippen molar-refractivity contribution in [3.63, 3.8) is 0 Å². The summed E-state index contributed by atoms with van der Waals surface area (Å²) in [6.45, 7) is 5.76. The Labute approximate surface area is 389 Å². The van der Waals surface area contributed by atoms with E-state index in [1.165, 1.54) is 33.3 Å². The number of thioether (sulfide) groups is 1. The van der Waals surface area contributed by atoms with Gasteiger partial charge in [-0.3, -0.25) is 48.6 Å². The first-order chi connectivity index (χ1) is 30.5. The van der Waals surface area contributed by atoms with Gasteiger partial charge in [-0.1, -0.05) is 79.6 Å². The SMILES string of the molecule is CN[C@@H](CSSC[C@H](C)C(=O)NC(CO)C(=O)N[C@@H](CCCNC(=N)N)C(=O)NCC(=O)N[C@@H](CC(=O)O)C(=O)C(=O)[C@H](Cc1ccccc1)NN[C@@H](CSC(C)(C)C)C(N)=O)C(N)=O. The number of aliphatic hydroxyl groups is 1. The van der Waals surface area contributed by atoms with Crippen molar-refractivity contribution in [2.45, 2.75) is 94.4 Å². The molecule has 0 aliphatic carbocycles. The van der Waals surface area contributed by atoms with Crippen LogP contribution in [-0.2, 0) is 49.6 Å². The van der Waals surface area contributed by atoms with Crippen molar-refractivity contribution < 1.29 is 53.4 Å². The molecular weight excluding hydrogens is 909 g/mol. The lowest BCUT2D eigenvalue weighted by molar-refractivity contribution is -0.144. The molecule has 364 valence electrons. The van der Waals surface area contributed by atoms with Crippen LogP contribution in [0.25, 0.3) is 0 Å². The Morgan fingerprint density at radius 2 is 1.31 bits per heavy atom. The Balaban J connectivity index is 3.12. The fourth-order valence-corrected chi connectivity index (χ4v) is 8.81. The molecule has 1 unspecified atom stereocenters. The second-order valence-corrected chi connectivity index (χ2v) is 20.0. The van der Waals surface area contributed by atoms with E-state index >= 15 is 0 Å². The summed E-state index contributed by atoms with van der Waals surface area (Å²) in [4.78, 5) is 116.